The molecule has 0 unspecified atom stereocenters. The summed E-state index contributed by atoms with van der Waals surface area (Å²) in [6.45, 7) is 3.75. The van der Waals surface area contributed by atoms with Gasteiger partial charge < -0.3 is 4.90 Å². The summed E-state index contributed by atoms with van der Waals surface area (Å²) in [5.41, 5.74) is 5.10. The number of nitrogens with zero attached hydrogens (tertiary/aromatic N) is 6. The van der Waals surface area contributed by atoms with E-state index in [9.17, 15) is 0 Å². The summed E-state index contributed by atoms with van der Waals surface area (Å²) in [6.07, 6.45) is 5.23. The summed E-state index contributed by atoms with van der Waals surface area (Å²) in [5, 5.41) is 5.82. The number of hydrogen-bond acceptors (Lipinski definition) is 6. The lowest BCUT2D eigenvalue weighted by atomic mass is 9.96. The minimum absolute atomic E-state index is 0.256. The Morgan fingerprint density at radius 1 is 0.824 bits per heavy atom. The molecule has 0 N–H and O–H groups in total. The molecule has 170 valence electrons. The van der Waals surface area contributed by atoms with E-state index in [4.69, 9.17) is 4.98 Å². The van der Waals surface area contributed by atoms with Crippen LogP contribution in [0.4, 0.5) is 5.95 Å². The van der Waals surface area contributed by atoms with E-state index in [-0.39, 0.29) is 6.04 Å². The van der Waals surface area contributed by atoms with Crippen LogP contribution in [0.25, 0.3) is 15.9 Å². The first-order chi connectivity index (χ1) is 16.9. The van der Waals surface area contributed by atoms with Gasteiger partial charge in [-0.25, -0.2) is 9.97 Å². The summed E-state index contributed by atoms with van der Waals surface area (Å²) >= 11 is 1.85. The molecule has 1 fully saturated rings. The van der Waals surface area contributed by atoms with Crippen molar-refractivity contribution < 1.29 is 0 Å². The van der Waals surface area contributed by atoms with Crippen molar-refractivity contribution in [1.29, 1.82) is 0 Å². The second-order valence-electron chi connectivity index (χ2n) is 9.19. The molecule has 0 radical (unpaired) electrons. The number of fused-ring (bicyclic) bond motifs is 5. The molecule has 7 heteroatoms. The lowest BCUT2D eigenvalue weighted by Gasteiger charge is -2.40. The highest BCUT2D eigenvalue weighted by Gasteiger charge is 2.29. The molecule has 3 aromatic heterocycles. The van der Waals surface area contributed by atoms with E-state index in [2.05, 4.69) is 80.5 Å². The highest BCUT2D eigenvalue weighted by molar-refractivity contribution is 7.19. The molecule has 0 atom stereocenters. The van der Waals surface area contributed by atoms with Gasteiger partial charge in [-0.05, 0) is 36.0 Å². The topological polar surface area (TPSA) is 49.6 Å². The van der Waals surface area contributed by atoms with Crippen LogP contribution >= 0.6 is 11.3 Å². The fourth-order valence-corrected chi connectivity index (χ4v) is 6.92. The van der Waals surface area contributed by atoms with Crippen molar-refractivity contribution in [2.24, 2.45) is 0 Å². The largest absolute Gasteiger partial charge is 0.338 e. The molecule has 4 heterocycles. The van der Waals surface area contributed by atoms with Crippen LogP contribution in [0, 0.1) is 0 Å². The van der Waals surface area contributed by atoms with Crippen molar-refractivity contribution in [3.05, 3.63) is 88.6 Å². The van der Waals surface area contributed by atoms with Crippen molar-refractivity contribution in [3.63, 3.8) is 0 Å². The molecule has 7 rings (SSSR count). The highest BCUT2D eigenvalue weighted by atomic mass is 32.1. The predicted molar refractivity (Wildman–Crippen MR) is 137 cm³/mol. The maximum atomic E-state index is 5.14. The molecule has 5 aromatic rings. The standard InChI is InChI=1S/C27H26N6S/c1-3-8-19(9-4-1)24(20-10-5-2-6-11-20)31-14-16-32(17-15-31)27-30-26-23(25-28-18-29-33(25)27)21-12-7-13-22(21)34-26/h1-6,8-11,18,24H,7,12-17H2. The van der Waals surface area contributed by atoms with E-state index < -0.39 is 0 Å². The van der Waals surface area contributed by atoms with Crippen molar-refractivity contribution >= 4 is 33.1 Å². The molecule has 1 saturated heterocycles. The van der Waals surface area contributed by atoms with Crippen LogP contribution in [0.15, 0.2) is 67.0 Å². The van der Waals surface area contributed by atoms with Crippen LogP contribution < -0.4 is 4.90 Å². The van der Waals surface area contributed by atoms with Gasteiger partial charge in [0, 0.05) is 31.1 Å². The summed E-state index contributed by atoms with van der Waals surface area (Å²) in [5.74, 6) is 0.926. The Morgan fingerprint density at radius 2 is 1.53 bits per heavy atom. The Bertz CT molecular complexity index is 1410. The summed E-state index contributed by atoms with van der Waals surface area (Å²) in [7, 11) is 0. The van der Waals surface area contributed by atoms with Gasteiger partial charge >= 0.3 is 0 Å². The lowest BCUT2D eigenvalue weighted by Crippen LogP contribution is -2.48. The van der Waals surface area contributed by atoms with Gasteiger partial charge in [0.1, 0.15) is 11.2 Å². The van der Waals surface area contributed by atoms with E-state index in [0.29, 0.717) is 0 Å². The van der Waals surface area contributed by atoms with E-state index >= 15 is 0 Å². The van der Waals surface area contributed by atoms with Crippen molar-refractivity contribution in [3.8, 4) is 0 Å². The van der Waals surface area contributed by atoms with Crippen molar-refractivity contribution in [1.82, 2.24) is 24.5 Å². The van der Waals surface area contributed by atoms with E-state index in [1.165, 1.54) is 39.8 Å². The number of benzene rings is 2. The Labute approximate surface area is 202 Å². The van der Waals surface area contributed by atoms with Gasteiger partial charge in [-0.1, -0.05) is 60.7 Å². The second-order valence-corrected chi connectivity index (χ2v) is 10.3. The third kappa shape index (κ3) is 3.22. The maximum absolute atomic E-state index is 5.14. The molecule has 6 nitrogen and oxygen atoms in total. The van der Waals surface area contributed by atoms with Crippen LogP contribution in [0.5, 0.6) is 0 Å². The number of anilines is 1. The SMILES string of the molecule is c1ccc(C(c2ccccc2)N2CCN(c3nc4sc5c(c4c4ncnn34)CCC5)CC2)cc1. The van der Waals surface area contributed by atoms with E-state index in [1.807, 2.05) is 15.9 Å². The van der Waals surface area contributed by atoms with Crippen LogP contribution in [-0.2, 0) is 12.8 Å². The predicted octanol–water partition coefficient (Wildman–Crippen LogP) is 4.74. The summed E-state index contributed by atoms with van der Waals surface area (Å²) in [4.78, 5) is 17.4. The van der Waals surface area contributed by atoms with Crippen LogP contribution in [-0.4, -0.2) is 50.7 Å². The first-order valence-corrected chi connectivity index (χ1v) is 12.9. The Morgan fingerprint density at radius 3 is 2.24 bits per heavy atom. The summed E-state index contributed by atoms with van der Waals surface area (Å²) < 4.78 is 1.97. The molecular formula is C27H26N6S. The zero-order valence-corrected chi connectivity index (χ0v) is 19.8. The molecule has 2 aromatic carbocycles. The average molecular weight is 467 g/mol. The number of hydrogen-bond donors (Lipinski definition) is 0. The van der Waals surface area contributed by atoms with Crippen molar-refractivity contribution in [2.75, 3.05) is 31.1 Å². The molecular weight excluding hydrogens is 440 g/mol. The van der Waals surface area contributed by atoms with Crippen LogP contribution in [0.3, 0.4) is 0 Å². The zero-order valence-electron chi connectivity index (χ0n) is 19.0. The smallest absolute Gasteiger partial charge is 0.230 e. The Kier molecular flexibility index (Phi) is 4.84. The molecule has 0 bridgehead atoms. The molecule has 1 aliphatic carbocycles. The van der Waals surface area contributed by atoms with Gasteiger partial charge in [0.2, 0.25) is 5.95 Å². The fourth-order valence-electron chi connectivity index (χ4n) is 5.67. The van der Waals surface area contributed by atoms with Gasteiger partial charge in [-0.3, -0.25) is 4.90 Å². The Balaban J connectivity index is 1.21. The maximum Gasteiger partial charge on any atom is 0.230 e. The van der Waals surface area contributed by atoms with Gasteiger partial charge in [0.25, 0.3) is 0 Å². The summed E-state index contributed by atoms with van der Waals surface area (Å²) in [6, 6.07) is 22.0. The van der Waals surface area contributed by atoms with Crippen LogP contribution in [0.1, 0.15) is 34.0 Å². The van der Waals surface area contributed by atoms with Gasteiger partial charge in [-0.15, -0.1) is 11.3 Å². The van der Waals surface area contributed by atoms with Gasteiger partial charge in [-0.2, -0.15) is 9.61 Å². The number of aromatic nitrogens is 4. The molecule has 0 spiro atoms. The molecule has 34 heavy (non-hydrogen) atoms. The number of piperazine rings is 1. The monoisotopic (exact) mass is 466 g/mol. The van der Waals surface area contributed by atoms with Gasteiger partial charge in [0.15, 0.2) is 5.65 Å². The molecule has 2 aliphatic rings. The first kappa shape index (κ1) is 20.1. The Hall–Kier alpha value is -3.29. The molecule has 0 amide bonds. The fraction of sp³-hybridized carbons (Fsp3) is 0.296. The number of thiophene rings is 1. The van der Waals surface area contributed by atoms with E-state index in [1.54, 1.807) is 6.33 Å². The lowest BCUT2D eigenvalue weighted by molar-refractivity contribution is 0.211. The minimum atomic E-state index is 0.256. The van der Waals surface area contributed by atoms with E-state index in [0.717, 1.165) is 49.0 Å². The van der Waals surface area contributed by atoms with Crippen molar-refractivity contribution in [2.45, 2.75) is 25.3 Å². The number of rotatable bonds is 4. The molecule has 1 aliphatic heterocycles. The second kappa shape index (κ2) is 8.18. The number of aryl methyl sites for hydroxylation is 2. The molecule has 0 saturated carbocycles. The third-order valence-electron chi connectivity index (χ3n) is 7.26. The average Bonchev–Trinajstić information content (AvgIpc) is 3.62. The third-order valence-corrected chi connectivity index (χ3v) is 8.44. The normalized spacial score (nSPS) is 16.7. The van der Waals surface area contributed by atoms with Crippen LogP contribution in [0.2, 0.25) is 0 Å². The minimum Gasteiger partial charge on any atom is -0.338 e. The highest BCUT2D eigenvalue weighted by Crippen LogP contribution is 2.39. The first-order valence-electron chi connectivity index (χ1n) is 12.1. The quantitative estimate of drug-likeness (QED) is 0.383. The van der Waals surface area contributed by atoms with Gasteiger partial charge in [0.05, 0.1) is 11.4 Å². The zero-order chi connectivity index (χ0) is 22.5.